The van der Waals surface area contributed by atoms with E-state index in [1.54, 1.807) is 6.33 Å². The second-order valence-corrected chi connectivity index (χ2v) is 6.91. The van der Waals surface area contributed by atoms with Crippen molar-refractivity contribution in [3.8, 4) is 0 Å². The van der Waals surface area contributed by atoms with Gasteiger partial charge in [-0.2, -0.15) is 14.6 Å². The number of hydrogen-bond acceptors (Lipinski definition) is 5. The zero-order chi connectivity index (χ0) is 15.7. The van der Waals surface area contributed by atoms with E-state index in [-0.39, 0.29) is 11.7 Å². The smallest absolute Gasteiger partial charge is 0.254 e. The van der Waals surface area contributed by atoms with Crippen molar-refractivity contribution >= 4 is 11.6 Å². The molecule has 0 aliphatic carbocycles. The van der Waals surface area contributed by atoms with Gasteiger partial charge in [-0.15, -0.1) is 0 Å². The first kappa shape index (κ1) is 15.2. The summed E-state index contributed by atoms with van der Waals surface area (Å²) in [7, 11) is 0. The maximum Gasteiger partial charge on any atom is 0.254 e. The van der Waals surface area contributed by atoms with E-state index >= 15 is 0 Å². The van der Waals surface area contributed by atoms with E-state index in [4.69, 9.17) is 4.74 Å². The second-order valence-electron chi connectivity index (χ2n) is 6.91. The lowest BCUT2D eigenvalue weighted by Crippen LogP contribution is -2.31. The van der Waals surface area contributed by atoms with E-state index in [2.05, 4.69) is 53.7 Å². The first-order valence-corrected chi connectivity index (χ1v) is 8.08. The number of hydrogen-bond donors (Lipinski definition) is 0. The van der Waals surface area contributed by atoms with Gasteiger partial charge in [-0.1, -0.05) is 13.3 Å². The predicted molar refractivity (Wildman–Crippen MR) is 86.2 cm³/mol. The zero-order valence-corrected chi connectivity index (χ0v) is 13.9. The van der Waals surface area contributed by atoms with Crippen molar-refractivity contribution in [2.45, 2.75) is 58.7 Å². The Hall–Kier alpha value is -1.69. The van der Waals surface area contributed by atoms with Crippen LogP contribution < -0.4 is 4.90 Å². The minimum Gasteiger partial charge on any atom is -0.371 e. The van der Waals surface area contributed by atoms with Crippen LogP contribution >= 0.6 is 0 Å². The monoisotopic (exact) mass is 303 g/mol. The van der Waals surface area contributed by atoms with Crippen LogP contribution in [0.5, 0.6) is 0 Å². The lowest BCUT2D eigenvalue weighted by molar-refractivity contribution is -0.0492. The van der Waals surface area contributed by atoms with Gasteiger partial charge in [-0.05, 0) is 33.6 Å². The fourth-order valence-corrected chi connectivity index (χ4v) is 2.99. The number of nitrogens with zero attached hydrogens (tertiary/aromatic N) is 5. The van der Waals surface area contributed by atoms with Crippen molar-refractivity contribution in [3.63, 3.8) is 0 Å². The topological polar surface area (TPSA) is 55.6 Å². The lowest BCUT2D eigenvalue weighted by atomic mass is 10.2. The highest BCUT2D eigenvalue weighted by Crippen LogP contribution is 2.25. The Balaban J connectivity index is 1.85. The Bertz CT molecular complexity index is 646. The summed E-state index contributed by atoms with van der Waals surface area (Å²) in [6.07, 6.45) is 4.92. The molecule has 0 radical (unpaired) electrons. The van der Waals surface area contributed by atoms with Crippen LogP contribution in [0.3, 0.4) is 0 Å². The highest BCUT2D eigenvalue weighted by molar-refractivity contribution is 5.48. The standard InChI is InChI=1S/C16H25N5O/c1-5-6-12-9-14(21-15(19-12)17-11-18-21)20-8-7-13(10-20)22-16(2,3)4/h9,11,13H,5-8,10H2,1-4H3/t13-/m0/s1. The molecule has 0 aromatic carbocycles. The summed E-state index contributed by atoms with van der Waals surface area (Å²) in [6.45, 7) is 10.4. The summed E-state index contributed by atoms with van der Waals surface area (Å²) >= 11 is 0. The summed E-state index contributed by atoms with van der Waals surface area (Å²) in [5.74, 6) is 1.76. The van der Waals surface area contributed by atoms with Crippen molar-refractivity contribution in [1.29, 1.82) is 0 Å². The minimum atomic E-state index is -0.102. The highest BCUT2D eigenvalue weighted by Gasteiger charge is 2.29. The average molecular weight is 303 g/mol. The van der Waals surface area contributed by atoms with E-state index in [1.165, 1.54) is 0 Å². The summed E-state index contributed by atoms with van der Waals surface area (Å²) in [4.78, 5) is 11.2. The van der Waals surface area contributed by atoms with Crippen molar-refractivity contribution in [2.75, 3.05) is 18.0 Å². The zero-order valence-electron chi connectivity index (χ0n) is 13.9. The normalized spacial score (nSPS) is 19.3. The fraction of sp³-hybridized carbons (Fsp3) is 0.688. The van der Waals surface area contributed by atoms with Gasteiger partial charge in [0.25, 0.3) is 5.78 Å². The van der Waals surface area contributed by atoms with Gasteiger partial charge < -0.3 is 9.64 Å². The summed E-state index contributed by atoms with van der Waals surface area (Å²) in [5, 5.41) is 4.32. The summed E-state index contributed by atoms with van der Waals surface area (Å²) in [6, 6.07) is 2.14. The number of aromatic nitrogens is 4. The van der Waals surface area contributed by atoms with E-state index < -0.39 is 0 Å². The molecule has 6 heteroatoms. The van der Waals surface area contributed by atoms with Crippen LogP contribution in [-0.2, 0) is 11.2 Å². The molecular formula is C16H25N5O. The van der Waals surface area contributed by atoms with Gasteiger partial charge in [0.2, 0.25) is 0 Å². The third-order valence-corrected chi connectivity index (χ3v) is 3.78. The maximum absolute atomic E-state index is 6.12. The Morgan fingerprint density at radius 2 is 2.18 bits per heavy atom. The van der Waals surface area contributed by atoms with Crippen LogP contribution in [0.15, 0.2) is 12.4 Å². The summed E-state index contributed by atoms with van der Waals surface area (Å²) < 4.78 is 7.95. The molecule has 1 saturated heterocycles. The molecule has 1 fully saturated rings. The third kappa shape index (κ3) is 3.21. The van der Waals surface area contributed by atoms with E-state index in [0.717, 1.165) is 43.9 Å². The molecule has 1 aliphatic rings. The number of ether oxygens (including phenoxy) is 1. The summed E-state index contributed by atoms with van der Waals surface area (Å²) in [5.41, 5.74) is 0.979. The highest BCUT2D eigenvalue weighted by atomic mass is 16.5. The molecule has 2 aromatic rings. The third-order valence-electron chi connectivity index (χ3n) is 3.78. The Morgan fingerprint density at radius 1 is 1.36 bits per heavy atom. The molecule has 2 aromatic heterocycles. The van der Waals surface area contributed by atoms with Gasteiger partial charge in [0.1, 0.15) is 12.1 Å². The van der Waals surface area contributed by atoms with Crippen LogP contribution in [0.4, 0.5) is 5.82 Å². The molecule has 6 nitrogen and oxygen atoms in total. The molecule has 22 heavy (non-hydrogen) atoms. The van der Waals surface area contributed by atoms with E-state index in [0.29, 0.717) is 5.78 Å². The van der Waals surface area contributed by atoms with Crippen LogP contribution in [0.2, 0.25) is 0 Å². The molecule has 0 bridgehead atoms. The van der Waals surface area contributed by atoms with E-state index in [9.17, 15) is 0 Å². The van der Waals surface area contributed by atoms with E-state index in [1.807, 2.05) is 4.52 Å². The molecule has 0 spiro atoms. The fourth-order valence-electron chi connectivity index (χ4n) is 2.99. The molecule has 0 amide bonds. The maximum atomic E-state index is 6.12. The molecule has 0 saturated carbocycles. The van der Waals surface area contributed by atoms with Crippen LogP contribution in [0.25, 0.3) is 5.78 Å². The first-order chi connectivity index (χ1) is 10.5. The van der Waals surface area contributed by atoms with Crippen molar-refractivity contribution in [1.82, 2.24) is 19.6 Å². The number of rotatable bonds is 4. The molecule has 3 heterocycles. The Labute approximate surface area is 131 Å². The average Bonchev–Trinajstić information content (AvgIpc) is 3.05. The molecular weight excluding hydrogens is 278 g/mol. The molecule has 1 atom stereocenters. The first-order valence-electron chi connectivity index (χ1n) is 8.08. The molecule has 1 aliphatic heterocycles. The predicted octanol–water partition coefficient (Wildman–Crippen LogP) is 2.47. The lowest BCUT2D eigenvalue weighted by Gasteiger charge is -2.25. The van der Waals surface area contributed by atoms with Crippen LogP contribution in [0.1, 0.15) is 46.2 Å². The molecule has 3 rings (SSSR count). The second kappa shape index (κ2) is 5.83. The van der Waals surface area contributed by atoms with Gasteiger partial charge in [0.05, 0.1) is 11.7 Å². The van der Waals surface area contributed by atoms with Crippen molar-refractivity contribution in [2.24, 2.45) is 0 Å². The SMILES string of the molecule is CCCc1cc(N2CC[C@H](OC(C)(C)C)C2)n2ncnc2n1. The number of aryl methyl sites for hydroxylation is 1. The van der Waals surface area contributed by atoms with Crippen LogP contribution in [0, 0.1) is 0 Å². The minimum absolute atomic E-state index is 0.102. The van der Waals surface area contributed by atoms with Crippen LogP contribution in [-0.4, -0.2) is 44.4 Å². The van der Waals surface area contributed by atoms with Gasteiger partial charge in [-0.25, -0.2) is 4.98 Å². The molecule has 0 unspecified atom stereocenters. The quantitative estimate of drug-likeness (QED) is 0.868. The van der Waals surface area contributed by atoms with Gasteiger partial charge in [0.15, 0.2) is 0 Å². The van der Waals surface area contributed by atoms with Gasteiger partial charge in [-0.3, -0.25) is 0 Å². The largest absolute Gasteiger partial charge is 0.371 e. The Morgan fingerprint density at radius 3 is 2.91 bits per heavy atom. The van der Waals surface area contributed by atoms with Gasteiger partial charge in [0, 0.05) is 24.8 Å². The van der Waals surface area contributed by atoms with Crippen molar-refractivity contribution in [3.05, 3.63) is 18.1 Å². The molecule has 120 valence electrons. The number of fused-ring (bicyclic) bond motifs is 1. The van der Waals surface area contributed by atoms with Gasteiger partial charge >= 0.3 is 0 Å². The molecule has 0 N–H and O–H groups in total. The number of anilines is 1. The Kier molecular flexibility index (Phi) is 4.04. The van der Waals surface area contributed by atoms with Crippen molar-refractivity contribution < 1.29 is 4.74 Å².